The molecule has 0 radical (unpaired) electrons. The van der Waals surface area contributed by atoms with E-state index < -0.39 is 6.04 Å². The number of aromatic nitrogens is 3. The first-order valence-electron chi connectivity index (χ1n) is 12.5. The van der Waals surface area contributed by atoms with Gasteiger partial charge in [0.15, 0.2) is 0 Å². The third kappa shape index (κ3) is 6.14. The second-order valence-electron chi connectivity index (χ2n) is 9.49. The molecule has 2 amide bonds. The van der Waals surface area contributed by atoms with Crippen LogP contribution in [0.5, 0.6) is 5.75 Å². The second-order valence-corrected chi connectivity index (χ2v) is 9.49. The molecular weight excluding hydrogens is 466 g/mol. The molecule has 0 bridgehead atoms. The van der Waals surface area contributed by atoms with Crippen molar-refractivity contribution in [2.45, 2.75) is 39.8 Å². The highest BCUT2D eigenvalue weighted by Gasteiger charge is 2.33. The number of carbonyl (C=O) groups excluding carboxylic acids is 2. The standard InChI is InChI=1S/C29H33N5O3/c1-20(2)16-17-30-29(36)28(22-14-12-21(3)13-15-22)34(23-8-7-9-24(18-23)37-4)27(35)19-33-26-11-6-5-10-25(26)31-32-33/h5-15,18,20,28H,16-17,19H2,1-4H3,(H,30,36). The molecule has 37 heavy (non-hydrogen) atoms. The van der Waals surface area contributed by atoms with Gasteiger partial charge in [-0.2, -0.15) is 0 Å². The first kappa shape index (κ1) is 25.9. The minimum Gasteiger partial charge on any atom is -0.497 e. The Morgan fingerprint density at radius 1 is 1.03 bits per heavy atom. The van der Waals surface area contributed by atoms with E-state index in [1.54, 1.807) is 23.9 Å². The molecule has 8 heteroatoms. The molecule has 0 aliphatic rings. The number of nitrogens with zero attached hydrogens (tertiary/aromatic N) is 4. The molecule has 4 rings (SSSR count). The van der Waals surface area contributed by atoms with Crippen molar-refractivity contribution in [1.29, 1.82) is 0 Å². The molecule has 0 spiro atoms. The Hall–Kier alpha value is -4.20. The van der Waals surface area contributed by atoms with Gasteiger partial charge in [0.05, 0.1) is 12.6 Å². The van der Waals surface area contributed by atoms with E-state index in [0.717, 1.165) is 17.5 Å². The quantitative estimate of drug-likeness (QED) is 0.342. The maximum absolute atomic E-state index is 14.0. The van der Waals surface area contributed by atoms with E-state index in [1.165, 1.54) is 4.90 Å². The molecule has 1 N–H and O–H groups in total. The summed E-state index contributed by atoms with van der Waals surface area (Å²) in [7, 11) is 1.57. The predicted octanol–water partition coefficient (Wildman–Crippen LogP) is 4.69. The molecule has 0 aliphatic carbocycles. The number of benzene rings is 3. The summed E-state index contributed by atoms with van der Waals surface area (Å²) in [6.07, 6.45) is 0.838. The third-order valence-electron chi connectivity index (χ3n) is 6.23. The van der Waals surface area contributed by atoms with E-state index in [4.69, 9.17) is 4.74 Å². The van der Waals surface area contributed by atoms with Crippen LogP contribution in [0, 0.1) is 12.8 Å². The number of ether oxygens (including phenoxy) is 1. The minimum absolute atomic E-state index is 0.0840. The molecule has 0 saturated heterocycles. The van der Waals surface area contributed by atoms with Crippen LogP contribution in [-0.4, -0.2) is 40.5 Å². The van der Waals surface area contributed by atoms with Crippen LogP contribution in [0.15, 0.2) is 72.8 Å². The van der Waals surface area contributed by atoms with Crippen LogP contribution in [-0.2, 0) is 16.1 Å². The summed E-state index contributed by atoms with van der Waals surface area (Å²) in [5, 5.41) is 11.4. The van der Waals surface area contributed by atoms with E-state index in [-0.39, 0.29) is 18.4 Å². The molecule has 192 valence electrons. The topological polar surface area (TPSA) is 89.3 Å². The number of anilines is 1. The van der Waals surface area contributed by atoms with Crippen LogP contribution >= 0.6 is 0 Å². The van der Waals surface area contributed by atoms with E-state index in [0.29, 0.717) is 35.0 Å². The molecule has 1 heterocycles. The average Bonchev–Trinajstić information content (AvgIpc) is 3.30. The highest BCUT2D eigenvalue weighted by molar-refractivity contribution is 6.01. The normalized spacial score (nSPS) is 11.9. The molecular formula is C29H33N5O3. The van der Waals surface area contributed by atoms with Gasteiger partial charge in [-0.1, -0.05) is 67.1 Å². The smallest absolute Gasteiger partial charge is 0.249 e. The van der Waals surface area contributed by atoms with Gasteiger partial charge in [0.2, 0.25) is 11.8 Å². The van der Waals surface area contributed by atoms with Crippen molar-refractivity contribution in [2.75, 3.05) is 18.6 Å². The summed E-state index contributed by atoms with van der Waals surface area (Å²) in [4.78, 5) is 29.3. The number of amides is 2. The molecule has 1 unspecified atom stereocenters. The highest BCUT2D eigenvalue weighted by atomic mass is 16.5. The number of hydrogen-bond donors (Lipinski definition) is 1. The fourth-order valence-corrected chi connectivity index (χ4v) is 4.18. The van der Waals surface area contributed by atoms with E-state index in [1.807, 2.05) is 67.6 Å². The summed E-state index contributed by atoms with van der Waals surface area (Å²) in [5.74, 6) is 0.483. The Kier molecular flexibility index (Phi) is 8.18. The SMILES string of the molecule is COc1cccc(N(C(=O)Cn2nnc3ccccc32)C(C(=O)NCCC(C)C)c2ccc(C)cc2)c1. The van der Waals surface area contributed by atoms with Gasteiger partial charge in [-0.05, 0) is 49.1 Å². The molecule has 4 aromatic rings. The highest BCUT2D eigenvalue weighted by Crippen LogP contribution is 2.31. The summed E-state index contributed by atoms with van der Waals surface area (Å²) < 4.78 is 7.00. The minimum atomic E-state index is -0.887. The van der Waals surface area contributed by atoms with Gasteiger partial charge in [-0.25, -0.2) is 4.68 Å². The Balaban J connectivity index is 1.78. The van der Waals surface area contributed by atoms with Gasteiger partial charge in [-0.15, -0.1) is 5.10 Å². The zero-order chi connectivity index (χ0) is 26.4. The van der Waals surface area contributed by atoms with Crippen molar-refractivity contribution in [1.82, 2.24) is 20.3 Å². The molecule has 0 saturated carbocycles. The number of rotatable bonds is 10. The van der Waals surface area contributed by atoms with E-state index >= 15 is 0 Å². The molecule has 3 aromatic carbocycles. The van der Waals surface area contributed by atoms with Crippen molar-refractivity contribution in [3.8, 4) is 5.75 Å². The number of fused-ring (bicyclic) bond motifs is 1. The number of nitrogens with one attached hydrogen (secondary N) is 1. The number of methoxy groups -OCH3 is 1. The fourth-order valence-electron chi connectivity index (χ4n) is 4.18. The van der Waals surface area contributed by atoms with Crippen molar-refractivity contribution in [2.24, 2.45) is 5.92 Å². The first-order valence-corrected chi connectivity index (χ1v) is 12.5. The largest absolute Gasteiger partial charge is 0.497 e. The van der Waals surface area contributed by atoms with Gasteiger partial charge in [0.25, 0.3) is 0 Å². The maximum Gasteiger partial charge on any atom is 0.249 e. The van der Waals surface area contributed by atoms with Crippen molar-refractivity contribution in [3.63, 3.8) is 0 Å². The van der Waals surface area contributed by atoms with Crippen LogP contribution in [0.2, 0.25) is 0 Å². The monoisotopic (exact) mass is 499 g/mol. The van der Waals surface area contributed by atoms with E-state index in [9.17, 15) is 9.59 Å². The maximum atomic E-state index is 14.0. The van der Waals surface area contributed by atoms with Gasteiger partial charge in [-0.3, -0.25) is 14.5 Å². The summed E-state index contributed by atoms with van der Waals surface area (Å²) in [5.41, 5.74) is 3.78. The van der Waals surface area contributed by atoms with Crippen molar-refractivity contribution >= 4 is 28.5 Å². The summed E-state index contributed by atoms with van der Waals surface area (Å²) in [6.45, 7) is 6.64. The lowest BCUT2D eigenvalue weighted by atomic mass is 10.0. The number of aryl methyl sites for hydroxylation is 1. The van der Waals surface area contributed by atoms with Crippen molar-refractivity contribution in [3.05, 3.63) is 83.9 Å². The number of carbonyl (C=O) groups is 2. The number of para-hydroxylation sites is 1. The lowest BCUT2D eigenvalue weighted by molar-refractivity contribution is -0.127. The summed E-state index contributed by atoms with van der Waals surface area (Å²) >= 11 is 0. The van der Waals surface area contributed by atoms with Crippen molar-refractivity contribution < 1.29 is 14.3 Å². The van der Waals surface area contributed by atoms with Crippen LogP contribution in [0.25, 0.3) is 11.0 Å². The number of hydrogen-bond acceptors (Lipinski definition) is 5. The lowest BCUT2D eigenvalue weighted by Crippen LogP contribution is -2.45. The van der Waals surface area contributed by atoms with Gasteiger partial charge in [0, 0.05) is 18.3 Å². The Morgan fingerprint density at radius 3 is 2.51 bits per heavy atom. The zero-order valence-electron chi connectivity index (χ0n) is 21.7. The van der Waals surface area contributed by atoms with E-state index in [2.05, 4.69) is 29.5 Å². The second kappa shape index (κ2) is 11.7. The molecule has 0 fully saturated rings. The zero-order valence-corrected chi connectivity index (χ0v) is 21.7. The Bertz CT molecular complexity index is 1360. The van der Waals surface area contributed by atoms with Crippen LogP contribution in [0.1, 0.15) is 37.4 Å². The van der Waals surface area contributed by atoms with Crippen LogP contribution < -0.4 is 15.0 Å². The average molecular weight is 500 g/mol. The predicted molar refractivity (Wildman–Crippen MR) is 144 cm³/mol. The molecule has 1 aromatic heterocycles. The molecule has 1 atom stereocenters. The Labute approximate surface area is 217 Å². The Morgan fingerprint density at radius 2 is 1.78 bits per heavy atom. The third-order valence-corrected chi connectivity index (χ3v) is 6.23. The van der Waals surface area contributed by atoms with Crippen LogP contribution in [0.3, 0.4) is 0 Å². The molecule has 0 aliphatic heterocycles. The van der Waals surface area contributed by atoms with Gasteiger partial charge >= 0.3 is 0 Å². The fraction of sp³-hybridized carbons (Fsp3) is 0.310. The molecule has 8 nitrogen and oxygen atoms in total. The van der Waals surface area contributed by atoms with Gasteiger partial charge in [0.1, 0.15) is 23.9 Å². The van der Waals surface area contributed by atoms with Crippen LogP contribution in [0.4, 0.5) is 5.69 Å². The lowest BCUT2D eigenvalue weighted by Gasteiger charge is -2.32. The van der Waals surface area contributed by atoms with Gasteiger partial charge < -0.3 is 10.1 Å². The first-order chi connectivity index (χ1) is 17.9. The summed E-state index contributed by atoms with van der Waals surface area (Å²) in [6, 6.07) is 21.5.